The largest absolute Gasteiger partial charge is 0.379 e. The van der Waals surface area contributed by atoms with E-state index in [1.54, 1.807) is 31.0 Å². The van der Waals surface area contributed by atoms with Crippen molar-refractivity contribution in [3.63, 3.8) is 0 Å². The molecule has 1 atom stereocenters. The lowest BCUT2D eigenvalue weighted by Crippen LogP contribution is -2.38. The molecule has 0 spiro atoms. The lowest BCUT2D eigenvalue weighted by atomic mass is 10.00. The standard InChI is InChI=1S/C14H23FN2OS/c1-14(2,18-3)9-8-12(17-16)10-19-13-6-4-11(15)5-7-13/h4-7,12,17H,8-10,16H2,1-3H3. The molecule has 1 aromatic carbocycles. The molecule has 1 aromatic rings. The van der Waals surface area contributed by atoms with Crippen LogP contribution >= 0.6 is 11.8 Å². The quantitative estimate of drug-likeness (QED) is 0.438. The van der Waals surface area contributed by atoms with Crippen LogP contribution in [0, 0.1) is 5.82 Å². The van der Waals surface area contributed by atoms with E-state index in [0.717, 1.165) is 23.5 Å². The van der Waals surface area contributed by atoms with Gasteiger partial charge in [0.1, 0.15) is 5.82 Å². The summed E-state index contributed by atoms with van der Waals surface area (Å²) in [6.07, 6.45) is 1.87. The molecule has 0 saturated heterocycles. The third kappa shape index (κ3) is 6.38. The van der Waals surface area contributed by atoms with Crippen LogP contribution in [0.4, 0.5) is 4.39 Å². The van der Waals surface area contributed by atoms with Crippen molar-refractivity contribution >= 4 is 11.8 Å². The summed E-state index contributed by atoms with van der Waals surface area (Å²) < 4.78 is 18.2. The fourth-order valence-electron chi connectivity index (χ4n) is 1.57. The fraction of sp³-hybridized carbons (Fsp3) is 0.571. The molecule has 0 bridgehead atoms. The van der Waals surface area contributed by atoms with Gasteiger partial charge in [-0.1, -0.05) is 0 Å². The van der Waals surface area contributed by atoms with E-state index in [0.29, 0.717) is 0 Å². The number of ether oxygens (including phenoxy) is 1. The first kappa shape index (κ1) is 16.4. The molecule has 0 heterocycles. The van der Waals surface area contributed by atoms with Gasteiger partial charge in [0, 0.05) is 23.8 Å². The molecule has 1 rings (SSSR count). The summed E-state index contributed by atoms with van der Waals surface area (Å²) in [5.41, 5.74) is 2.70. The Balaban J connectivity index is 2.38. The second-order valence-corrected chi connectivity index (χ2v) is 6.22. The summed E-state index contributed by atoms with van der Waals surface area (Å²) in [5, 5.41) is 0. The third-order valence-corrected chi connectivity index (χ3v) is 4.32. The van der Waals surface area contributed by atoms with Crippen LogP contribution in [0.25, 0.3) is 0 Å². The number of nitrogens with two attached hydrogens (primary N) is 1. The van der Waals surface area contributed by atoms with Crippen molar-refractivity contribution in [3.8, 4) is 0 Å². The Kier molecular flexibility index (Phi) is 6.79. The molecular formula is C14H23FN2OS. The van der Waals surface area contributed by atoms with Gasteiger partial charge in [-0.2, -0.15) is 0 Å². The molecule has 0 saturated carbocycles. The SMILES string of the molecule is COC(C)(C)CCC(CSc1ccc(F)cc1)NN. The van der Waals surface area contributed by atoms with Crippen molar-refractivity contribution in [3.05, 3.63) is 30.1 Å². The van der Waals surface area contributed by atoms with Crippen molar-refractivity contribution in [1.82, 2.24) is 5.43 Å². The smallest absolute Gasteiger partial charge is 0.123 e. The Morgan fingerprint density at radius 3 is 2.53 bits per heavy atom. The minimum atomic E-state index is -0.209. The van der Waals surface area contributed by atoms with Crippen molar-refractivity contribution < 1.29 is 9.13 Å². The monoisotopic (exact) mass is 286 g/mol. The van der Waals surface area contributed by atoms with Gasteiger partial charge in [0.2, 0.25) is 0 Å². The molecule has 0 aliphatic rings. The number of halogens is 1. The molecule has 0 aliphatic carbocycles. The zero-order valence-corrected chi connectivity index (χ0v) is 12.6. The number of rotatable bonds is 8. The van der Waals surface area contributed by atoms with Gasteiger partial charge in [0.25, 0.3) is 0 Å². The Labute approximate surface area is 119 Å². The van der Waals surface area contributed by atoms with Crippen LogP contribution in [0.15, 0.2) is 29.2 Å². The van der Waals surface area contributed by atoms with Crippen LogP contribution in [-0.4, -0.2) is 24.5 Å². The lowest BCUT2D eigenvalue weighted by molar-refractivity contribution is 0.0122. The second-order valence-electron chi connectivity index (χ2n) is 5.13. The van der Waals surface area contributed by atoms with Gasteiger partial charge >= 0.3 is 0 Å². The predicted molar refractivity (Wildman–Crippen MR) is 78.6 cm³/mol. The van der Waals surface area contributed by atoms with E-state index in [1.807, 2.05) is 0 Å². The molecular weight excluding hydrogens is 263 g/mol. The number of hydrogen-bond acceptors (Lipinski definition) is 4. The van der Waals surface area contributed by atoms with E-state index in [2.05, 4.69) is 19.3 Å². The molecule has 0 aromatic heterocycles. The molecule has 19 heavy (non-hydrogen) atoms. The minimum Gasteiger partial charge on any atom is -0.379 e. The first-order valence-electron chi connectivity index (χ1n) is 6.36. The summed E-state index contributed by atoms with van der Waals surface area (Å²) >= 11 is 1.67. The number of hydrogen-bond donors (Lipinski definition) is 2. The van der Waals surface area contributed by atoms with E-state index in [4.69, 9.17) is 10.6 Å². The van der Waals surface area contributed by atoms with Crippen LogP contribution in [0.2, 0.25) is 0 Å². The van der Waals surface area contributed by atoms with Gasteiger partial charge in [-0.05, 0) is 51.0 Å². The molecule has 0 radical (unpaired) electrons. The van der Waals surface area contributed by atoms with Crippen LogP contribution in [-0.2, 0) is 4.74 Å². The van der Waals surface area contributed by atoms with Gasteiger partial charge in [-0.3, -0.25) is 11.3 Å². The summed E-state index contributed by atoms with van der Waals surface area (Å²) in [6, 6.07) is 6.73. The fourth-order valence-corrected chi connectivity index (χ4v) is 2.55. The lowest BCUT2D eigenvalue weighted by Gasteiger charge is -2.25. The Bertz CT molecular complexity index is 370. The van der Waals surface area contributed by atoms with Gasteiger partial charge in [-0.15, -0.1) is 11.8 Å². The summed E-state index contributed by atoms with van der Waals surface area (Å²) in [7, 11) is 1.72. The first-order chi connectivity index (χ1) is 8.96. The van der Waals surface area contributed by atoms with Crippen molar-refractivity contribution in [2.75, 3.05) is 12.9 Å². The van der Waals surface area contributed by atoms with Crippen molar-refractivity contribution in [2.24, 2.45) is 5.84 Å². The summed E-state index contributed by atoms with van der Waals surface area (Å²) in [5.74, 6) is 6.21. The van der Waals surface area contributed by atoms with Gasteiger partial charge in [0.15, 0.2) is 0 Å². The van der Waals surface area contributed by atoms with Gasteiger partial charge < -0.3 is 4.74 Å². The van der Waals surface area contributed by atoms with Crippen molar-refractivity contribution in [2.45, 2.75) is 43.2 Å². The van der Waals surface area contributed by atoms with E-state index in [1.165, 1.54) is 12.1 Å². The second kappa shape index (κ2) is 7.85. The normalized spacial score (nSPS) is 13.5. The molecule has 3 nitrogen and oxygen atoms in total. The maximum absolute atomic E-state index is 12.8. The zero-order valence-electron chi connectivity index (χ0n) is 11.8. The maximum Gasteiger partial charge on any atom is 0.123 e. The number of methoxy groups -OCH3 is 1. The summed E-state index contributed by atoms with van der Waals surface area (Å²) in [4.78, 5) is 1.05. The topological polar surface area (TPSA) is 47.3 Å². The molecule has 0 amide bonds. The van der Waals surface area contributed by atoms with E-state index in [9.17, 15) is 4.39 Å². The van der Waals surface area contributed by atoms with Gasteiger partial charge in [-0.25, -0.2) is 4.39 Å². The highest BCUT2D eigenvalue weighted by atomic mass is 32.2. The predicted octanol–water partition coefficient (Wildman–Crippen LogP) is 2.95. The van der Waals surface area contributed by atoms with Crippen LogP contribution in [0.1, 0.15) is 26.7 Å². The number of hydrazine groups is 1. The maximum atomic E-state index is 12.8. The average molecular weight is 286 g/mol. The Morgan fingerprint density at radius 2 is 2.00 bits per heavy atom. The summed E-state index contributed by atoms with van der Waals surface area (Å²) in [6.45, 7) is 4.13. The zero-order chi connectivity index (χ0) is 14.3. The van der Waals surface area contributed by atoms with E-state index < -0.39 is 0 Å². The molecule has 5 heteroatoms. The van der Waals surface area contributed by atoms with Crippen molar-refractivity contribution in [1.29, 1.82) is 0 Å². The minimum absolute atomic E-state index is 0.129. The highest BCUT2D eigenvalue weighted by Crippen LogP contribution is 2.22. The first-order valence-corrected chi connectivity index (χ1v) is 7.35. The van der Waals surface area contributed by atoms with E-state index in [-0.39, 0.29) is 17.5 Å². The van der Waals surface area contributed by atoms with Crippen LogP contribution < -0.4 is 11.3 Å². The van der Waals surface area contributed by atoms with E-state index >= 15 is 0 Å². The Morgan fingerprint density at radius 1 is 1.37 bits per heavy atom. The number of nitrogens with one attached hydrogen (secondary N) is 1. The molecule has 1 unspecified atom stereocenters. The Hall–Kier alpha value is -0.620. The molecule has 0 fully saturated rings. The highest BCUT2D eigenvalue weighted by Gasteiger charge is 2.18. The third-order valence-electron chi connectivity index (χ3n) is 3.15. The highest BCUT2D eigenvalue weighted by molar-refractivity contribution is 7.99. The number of thioether (sulfide) groups is 1. The number of benzene rings is 1. The van der Waals surface area contributed by atoms with Gasteiger partial charge in [0.05, 0.1) is 5.60 Å². The average Bonchev–Trinajstić information content (AvgIpc) is 2.41. The van der Waals surface area contributed by atoms with Crippen LogP contribution in [0.5, 0.6) is 0 Å². The molecule has 0 aliphatic heterocycles. The van der Waals surface area contributed by atoms with Crippen LogP contribution in [0.3, 0.4) is 0 Å². The molecule has 3 N–H and O–H groups in total. The molecule has 108 valence electrons.